The van der Waals surface area contributed by atoms with Gasteiger partial charge in [0.2, 0.25) is 0 Å². The topological polar surface area (TPSA) is 40.2 Å². The highest BCUT2D eigenvalue weighted by atomic mass is 16.5. The van der Waals surface area contributed by atoms with Crippen LogP contribution >= 0.6 is 0 Å². The number of nitrogens with two attached hydrogens (primary N) is 1. The summed E-state index contributed by atoms with van der Waals surface area (Å²) in [4.78, 5) is 0. The Bertz CT molecular complexity index is 830. The Morgan fingerprint density at radius 1 is 1.09 bits per heavy atom. The first-order valence-corrected chi connectivity index (χ1v) is 8.64. The summed E-state index contributed by atoms with van der Waals surface area (Å²) in [6.07, 6.45) is 2.13. The molecule has 0 aliphatic carbocycles. The average Bonchev–Trinajstić information content (AvgIpc) is 2.95. The van der Waals surface area contributed by atoms with Gasteiger partial charge in [-0.1, -0.05) is 24.3 Å². The predicted molar refractivity (Wildman–Crippen MR) is 95.6 cm³/mol. The molecule has 0 radical (unpaired) electrons. The number of rotatable bonds is 3. The SMILES string of the molecule is CCn1c2ccccc2c2cc([C@H](N)C3CCOCC3)ccc21. The molecule has 0 unspecified atom stereocenters. The lowest BCUT2D eigenvalue weighted by molar-refractivity contribution is 0.0584. The fourth-order valence-electron chi connectivity index (χ4n) is 3.97. The molecule has 0 amide bonds. The first kappa shape index (κ1) is 14.7. The molecule has 2 heterocycles. The second kappa shape index (κ2) is 5.99. The summed E-state index contributed by atoms with van der Waals surface area (Å²) in [6, 6.07) is 15.5. The number of hydrogen-bond acceptors (Lipinski definition) is 2. The Labute approximate surface area is 137 Å². The van der Waals surface area contributed by atoms with Gasteiger partial charge in [-0.05, 0) is 49.4 Å². The van der Waals surface area contributed by atoms with Gasteiger partial charge in [0.05, 0.1) is 0 Å². The average molecular weight is 308 g/mol. The van der Waals surface area contributed by atoms with E-state index < -0.39 is 0 Å². The summed E-state index contributed by atoms with van der Waals surface area (Å²) >= 11 is 0. The van der Waals surface area contributed by atoms with Gasteiger partial charge < -0.3 is 15.0 Å². The van der Waals surface area contributed by atoms with Crippen molar-refractivity contribution in [2.24, 2.45) is 11.7 Å². The lowest BCUT2D eigenvalue weighted by atomic mass is 9.87. The molecule has 3 aromatic rings. The van der Waals surface area contributed by atoms with E-state index in [0.717, 1.165) is 32.6 Å². The van der Waals surface area contributed by atoms with Crippen LogP contribution in [-0.4, -0.2) is 17.8 Å². The third-order valence-corrected chi connectivity index (χ3v) is 5.27. The molecule has 0 spiro atoms. The fourth-order valence-corrected chi connectivity index (χ4v) is 3.97. The standard InChI is InChI=1S/C20H24N2O/c1-2-22-18-6-4-3-5-16(18)17-13-15(7-8-19(17)22)20(21)14-9-11-23-12-10-14/h3-8,13-14,20H,2,9-12,21H2,1H3/t20-/m1/s1. The third-order valence-electron chi connectivity index (χ3n) is 5.27. The lowest BCUT2D eigenvalue weighted by Crippen LogP contribution is -2.27. The molecule has 4 rings (SSSR count). The maximum atomic E-state index is 6.58. The number of para-hydroxylation sites is 1. The van der Waals surface area contributed by atoms with Crippen molar-refractivity contribution in [2.45, 2.75) is 32.4 Å². The van der Waals surface area contributed by atoms with Crippen LogP contribution in [0.1, 0.15) is 31.4 Å². The van der Waals surface area contributed by atoms with Crippen molar-refractivity contribution in [1.29, 1.82) is 0 Å². The van der Waals surface area contributed by atoms with Gasteiger partial charge >= 0.3 is 0 Å². The van der Waals surface area contributed by atoms with E-state index >= 15 is 0 Å². The molecule has 1 saturated heterocycles. The minimum atomic E-state index is 0.104. The Kier molecular flexibility index (Phi) is 3.83. The smallest absolute Gasteiger partial charge is 0.0491 e. The van der Waals surface area contributed by atoms with E-state index in [-0.39, 0.29) is 6.04 Å². The minimum Gasteiger partial charge on any atom is -0.381 e. The number of ether oxygens (including phenoxy) is 1. The monoisotopic (exact) mass is 308 g/mol. The molecule has 120 valence electrons. The van der Waals surface area contributed by atoms with Crippen LogP contribution in [0.15, 0.2) is 42.5 Å². The molecule has 1 atom stereocenters. The fraction of sp³-hybridized carbons (Fsp3) is 0.400. The molecule has 2 aromatic carbocycles. The van der Waals surface area contributed by atoms with E-state index in [1.165, 1.54) is 27.4 Å². The second-order valence-corrected chi connectivity index (χ2v) is 6.51. The quantitative estimate of drug-likeness (QED) is 0.786. The van der Waals surface area contributed by atoms with Crippen molar-refractivity contribution in [2.75, 3.05) is 13.2 Å². The Balaban J connectivity index is 1.82. The summed E-state index contributed by atoms with van der Waals surface area (Å²) in [6.45, 7) is 4.87. The molecule has 3 nitrogen and oxygen atoms in total. The van der Waals surface area contributed by atoms with E-state index in [0.29, 0.717) is 5.92 Å². The molecule has 3 heteroatoms. The van der Waals surface area contributed by atoms with Crippen LogP contribution in [0.2, 0.25) is 0 Å². The number of benzene rings is 2. The van der Waals surface area contributed by atoms with Gasteiger partial charge in [-0.15, -0.1) is 0 Å². The van der Waals surface area contributed by atoms with Crippen molar-refractivity contribution in [3.8, 4) is 0 Å². The second-order valence-electron chi connectivity index (χ2n) is 6.51. The first-order valence-electron chi connectivity index (χ1n) is 8.64. The number of fused-ring (bicyclic) bond motifs is 3. The zero-order valence-electron chi connectivity index (χ0n) is 13.7. The zero-order chi connectivity index (χ0) is 15.8. The van der Waals surface area contributed by atoms with Crippen LogP contribution in [0.4, 0.5) is 0 Å². The third kappa shape index (κ3) is 2.44. The highest BCUT2D eigenvalue weighted by Gasteiger charge is 2.23. The van der Waals surface area contributed by atoms with Crippen LogP contribution in [-0.2, 0) is 11.3 Å². The Morgan fingerprint density at radius 2 is 1.83 bits per heavy atom. The van der Waals surface area contributed by atoms with E-state index in [4.69, 9.17) is 10.5 Å². The molecule has 1 fully saturated rings. The Hall–Kier alpha value is -1.84. The van der Waals surface area contributed by atoms with Gasteiger partial charge in [-0.25, -0.2) is 0 Å². The van der Waals surface area contributed by atoms with Crippen molar-refractivity contribution in [3.63, 3.8) is 0 Å². The normalized spacial score (nSPS) is 17.8. The summed E-state index contributed by atoms with van der Waals surface area (Å²) in [5.41, 5.74) is 10.4. The molecule has 23 heavy (non-hydrogen) atoms. The number of aryl methyl sites for hydroxylation is 1. The van der Waals surface area contributed by atoms with Crippen LogP contribution in [0.25, 0.3) is 21.8 Å². The number of nitrogens with zero attached hydrogens (tertiary/aromatic N) is 1. The number of hydrogen-bond donors (Lipinski definition) is 1. The largest absolute Gasteiger partial charge is 0.381 e. The van der Waals surface area contributed by atoms with Crippen molar-refractivity contribution < 1.29 is 4.74 Å². The number of aromatic nitrogens is 1. The van der Waals surface area contributed by atoms with Crippen molar-refractivity contribution >= 4 is 21.8 Å². The highest BCUT2D eigenvalue weighted by Crippen LogP contribution is 2.34. The summed E-state index contributed by atoms with van der Waals surface area (Å²) in [7, 11) is 0. The molecule has 1 aliphatic rings. The van der Waals surface area contributed by atoms with Gasteiger partial charge in [-0.3, -0.25) is 0 Å². The maximum absolute atomic E-state index is 6.58. The van der Waals surface area contributed by atoms with Crippen LogP contribution < -0.4 is 5.73 Å². The van der Waals surface area contributed by atoms with Crippen LogP contribution in [0.3, 0.4) is 0 Å². The molecular formula is C20H24N2O. The first-order chi connectivity index (χ1) is 11.3. The summed E-state index contributed by atoms with van der Waals surface area (Å²) in [5, 5.41) is 2.65. The van der Waals surface area contributed by atoms with Crippen molar-refractivity contribution in [3.05, 3.63) is 48.0 Å². The summed E-state index contributed by atoms with van der Waals surface area (Å²) in [5.74, 6) is 0.528. The van der Waals surface area contributed by atoms with E-state index in [1.807, 2.05) is 0 Å². The van der Waals surface area contributed by atoms with Crippen LogP contribution in [0.5, 0.6) is 0 Å². The molecule has 0 bridgehead atoms. The minimum absolute atomic E-state index is 0.104. The summed E-state index contributed by atoms with van der Waals surface area (Å²) < 4.78 is 7.86. The predicted octanol–water partition coefficient (Wildman–Crippen LogP) is 4.24. The van der Waals surface area contributed by atoms with Gasteiger partial charge in [0, 0.05) is 47.6 Å². The highest BCUT2D eigenvalue weighted by molar-refractivity contribution is 6.08. The van der Waals surface area contributed by atoms with E-state index in [9.17, 15) is 0 Å². The van der Waals surface area contributed by atoms with Crippen molar-refractivity contribution in [1.82, 2.24) is 4.57 Å². The van der Waals surface area contributed by atoms with Crippen LogP contribution in [0, 0.1) is 5.92 Å². The zero-order valence-corrected chi connectivity index (χ0v) is 13.7. The lowest BCUT2D eigenvalue weighted by Gasteiger charge is -2.28. The molecule has 0 saturated carbocycles. The van der Waals surface area contributed by atoms with E-state index in [1.54, 1.807) is 0 Å². The molecule has 2 N–H and O–H groups in total. The molecular weight excluding hydrogens is 284 g/mol. The van der Waals surface area contributed by atoms with Gasteiger partial charge in [-0.2, -0.15) is 0 Å². The Morgan fingerprint density at radius 3 is 2.61 bits per heavy atom. The van der Waals surface area contributed by atoms with E-state index in [2.05, 4.69) is 54.0 Å². The molecule has 1 aromatic heterocycles. The molecule has 1 aliphatic heterocycles. The van der Waals surface area contributed by atoms with Gasteiger partial charge in [0.25, 0.3) is 0 Å². The maximum Gasteiger partial charge on any atom is 0.0491 e. The van der Waals surface area contributed by atoms with Gasteiger partial charge in [0.1, 0.15) is 0 Å². The van der Waals surface area contributed by atoms with Gasteiger partial charge in [0.15, 0.2) is 0 Å².